The van der Waals surface area contributed by atoms with Crippen molar-refractivity contribution in [1.82, 2.24) is 0 Å². The number of ketones is 1. The zero-order chi connectivity index (χ0) is 21.6. The Morgan fingerprint density at radius 3 is 2.03 bits per heavy atom. The van der Waals surface area contributed by atoms with E-state index >= 15 is 0 Å². The predicted octanol–water partition coefficient (Wildman–Crippen LogP) is 3.61. The lowest BCUT2D eigenvalue weighted by atomic mass is 9.77. The minimum atomic E-state index is -1.52. The van der Waals surface area contributed by atoms with Crippen LogP contribution in [0.3, 0.4) is 0 Å². The van der Waals surface area contributed by atoms with Gasteiger partial charge in [0, 0.05) is 25.2 Å². The fourth-order valence-electron chi connectivity index (χ4n) is 4.34. The fraction of sp³-hybridized carbons (Fsp3) is 0.261. The maximum atomic E-state index is 13.7. The Labute approximate surface area is 173 Å². The van der Waals surface area contributed by atoms with Gasteiger partial charge >= 0.3 is 0 Å². The van der Waals surface area contributed by atoms with Crippen molar-refractivity contribution in [2.45, 2.75) is 5.79 Å². The molecule has 1 aliphatic rings. The molecule has 0 unspecified atom stereocenters. The molecule has 0 heterocycles. The Morgan fingerprint density at radius 1 is 0.800 bits per heavy atom. The average molecular weight is 410 g/mol. The number of fused-ring (bicyclic) bond motifs is 3. The number of methoxy groups -OCH3 is 5. The zero-order valence-corrected chi connectivity index (χ0v) is 17.4. The normalized spacial score (nSPS) is 14.2. The van der Waals surface area contributed by atoms with Crippen LogP contribution in [0.15, 0.2) is 36.4 Å². The van der Waals surface area contributed by atoms with Gasteiger partial charge in [-0.3, -0.25) is 4.79 Å². The van der Waals surface area contributed by atoms with Crippen LogP contribution in [0.4, 0.5) is 0 Å². The van der Waals surface area contributed by atoms with Crippen LogP contribution < -0.4 is 14.2 Å². The summed E-state index contributed by atoms with van der Waals surface area (Å²) in [5, 5.41) is 12.2. The quantitative estimate of drug-likeness (QED) is 0.644. The third-order valence-electron chi connectivity index (χ3n) is 5.61. The van der Waals surface area contributed by atoms with E-state index in [1.807, 2.05) is 0 Å². The Balaban J connectivity index is 2.28. The maximum absolute atomic E-state index is 13.7. The molecule has 0 saturated heterocycles. The highest BCUT2D eigenvalue weighted by molar-refractivity contribution is 6.20. The lowest BCUT2D eigenvalue weighted by Gasteiger charge is -2.39. The van der Waals surface area contributed by atoms with Crippen molar-refractivity contribution < 1.29 is 33.6 Å². The summed E-state index contributed by atoms with van der Waals surface area (Å²) in [6.45, 7) is 0. The van der Waals surface area contributed by atoms with Crippen molar-refractivity contribution in [2.75, 3.05) is 35.5 Å². The van der Waals surface area contributed by atoms with Crippen molar-refractivity contribution >= 4 is 16.6 Å². The topological polar surface area (TPSA) is 83.5 Å². The number of phenols is 1. The third kappa shape index (κ3) is 2.36. The summed E-state index contributed by atoms with van der Waals surface area (Å²) < 4.78 is 28.5. The van der Waals surface area contributed by atoms with Gasteiger partial charge in [0.05, 0.1) is 43.4 Å². The van der Waals surface area contributed by atoms with Gasteiger partial charge in [-0.1, -0.05) is 24.3 Å². The maximum Gasteiger partial charge on any atom is 0.227 e. The number of benzene rings is 3. The molecule has 0 atom stereocenters. The highest BCUT2D eigenvalue weighted by Crippen LogP contribution is 2.55. The summed E-state index contributed by atoms with van der Waals surface area (Å²) in [5.74, 6) is -0.994. The summed E-state index contributed by atoms with van der Waals surface area (Å²) in [4.78, 5) is 13.7. The molecular formula is C23H22O7. The summed E-state index contributed by atoms with van der Waals surface area (Å²) >= 11 is 0. The molecule has 1 N–H and O–H groups in total. The Kier molecular flexibility index (Phi) is 4.80. The predicted molar refractivity (Wildman–Crippen MR) is 110 cm³/mol. The second-order valence-corrected chi connectivity index (χ2v) is 6.75. The Morgan fingerprint density at radius 2 is 1.43 bits per heavy atom. The number of carbonyl (C=O) groups is 1. The first kappa shape index (κ1) is 20.0. The third-order valence-corrected chi connectivity index (χ3v) is 5.61. The summed E-state index contributed by atoms with van der Waals surface area (Å²) in [5.41, 5.74) is 1.02. The number of carbonyl (C=O) groups excluding carboxylic acids is 1. The molecule has 1 aliphatic carbocycles. The molecule has 4 rings (SSSR count). The van der Waals surface area contributed by atoms with Gasteiger partial charge < -0.3 is 28.8 Å². The number of aromatic hydroxyl groups is 1. The van der Waals surface area contributed by atoms with Crippen molar-refractivity contribution in [3.05, 3.63) is 58.7 Å². The first-order valence-electron chi connectivity index (χ1n) is 9.23. The monoisotopic (exact) mass is 410 g/mol. The van der Waals surface area contributed by atoms with Crippen LogP contribution in [0.5, 0.6) is 23.0 Å². The molecule has 3 aromatic rings. The number of hydrogen-bond acceptors (Lipinski definition) is 7. The highest BCUT2D eigenvalue weighted by atomic mass is 16.7. The zero-order valence-electron chi connectivity index (χ0n) is 17.4. The van der Waals surface area contributed by atoms with Gasteiger partial charge in [0.15, 0.2) is 0 Å². The molecule has 7 nitrogen and oxygen atoms in total. The van der Waals surface area contributed by atoms with E-state index in [-0.39, 0.29) is 22.4 Å². The fourth-order valence-corrected chi connectivity index (χ4v) is 4.34. The molecule has 30 heavy (non-hydrogen) atoms. The largest absolute Gasteiger partial charge is 0.507 e. The number of hydrogen-bond donors (Lipinski definition) is 1. The number of ether oxygens (including phenoxy) is 5. The lowest BCUT2D eigenvalue weighted by molar-refractivity contribution is -0.185. The van der Waals surface area contributed by atoms with Gasteiger partial charge in [-0.05, 0) is 12.1 Å². The van der Waals surface area contributed by atoms with Crippen molar-refractivity contribution in [3.63, 3.8) is 0 Å². The van der Waals surface area contributed by atoms with Crippen LogP contribution in [-0.2, 0) is 15.3 Å². The van der Waals surface area contributed by atoms with E-state index in [0.717, 1.165) is 0 Å². The van der Waals surface area contributed by atoms with Gasteiger partial charge in [-0.25, -0.2) is 0 Å². The van der Waals surface area contributed by atoms with E-state index in [1.165, 1.54) is 35.5 Å². The van der Waals surface area contributed by atoms with E-state index in [2.05, 4.69) is 0 Å². The molecule has 0 aromatic heterocycles. The minimum absolute atomic E-state index is 0.0355. The molecule has 0 spiro atoms. The summed E-state index contributed by atoms with van der Waals surface area (Å²) in [6.07, 6.45) is 0. The van der Waals surface area contributed by atoms with E-state index < -0.39 is 11.6 Å². The standard InChI is InChI=1S/C23H22O7/c1-26-14-10-6-8-12-16(14)22(28-3)19-18(20(12)24)21(25)17-13(23(19,29-4)30-5)9-7-11-15(17)27-2/h6-11,24H,1-5H3. The van der Waals surface area contributed by atoms with Crippen LogP contribution in [0.1, 0.15) is 27.0 Å². The molecule has 0 saturated carbocycles. The molecule has 0 bridgehead atoms. The van der Waals surface area contributed by atoms with Crippen molar-refractivity contribution in [1.29, 1.82) is 0 Å². The van der Waals surface area contributed by atoms with Crippen molar-refractivity contribution in [2.24, 2.45) is 0 Å². The van der Waals surface area contributed by atoms with E-state index in [4.69, 9.17) is 23.7 Å². The van der Waals surface area contributed by atoms with Crippen LogP contribution in [0.25, 0.3) is 10.8 Å². The molecule has 0 aliphatic heterocycles. The molecule has 3 aromatic carbocycles. The Hall–Kier alpha value is -3.29. The molecule has 0 fully saturated rings. The van der Waals surface area contributed by atoms with E-state index in [9.17, 15) is 9.90 Å². The molecule has 0 radical (unpaired) electrons. The average Bonchev–Trinajstić information content (AvgIpc) is 2.79. The number of phenolic OH excluding ortho intramolecular Hbond substituents is 1. The Bertz CT molecular complexity index is 1160. The second-order valence-electron chi connectivity index (χ2n) is 6.75. The van der Waals surface area contributed by atoms with Crippen LogP contribution in [0, 0.1) is 0 Å². The number of rotatable bonds is 5. The van der Waals surface area contributed by atoms with Gasteiger partial charge in [0.1, 0.15) is 23.0 Å². The first-order valence-corrected chi connectivity index (χ1v) is 9.23. The van der Waals surface area contributed by atoms with Crippen LogP contribution >= 0.6 is 0 Å². The summed E-state index contributed by atoms with van der Waals surface area (Å²) in [6, 6.07) is 10.3. The molecular weight excluding hydrogens is 388 g/mol. The van der Waals surface area contributed by atoms with Crippen LogP contribution in [0.2, 0.25) is 0 Å². The molecule has 0 amide bonds. The van der Waals surface area contributed by atoms with E-state index in [0.29, 0.717) is 33.6 Å². The van der Waals surface area contributed by atoms with Crippen molar-refractivity contribution in [3.8, 4) is 23.0 Å². The van der Waals surface area contributed by atoms with Gasteiger partial charge in [0.2, 0.25) is 11.6 Å². The van der Waals surface area contributed by atoms with Crippen LogP contribution in [-0.4, -0.2) is 46.4 Å². The summed E-state index contributed by atoms with van der Waals surface area (Å²) in [7, 11) is 7.42. The van der Waals surface area contributed by atoms with Gasteiger partial charge in [-0.15, -0.1) is 0 Å². The molecule has 156 valence electrons. The highest BCUT2D eigenvalue weighted by Gasteiger charge is 2.50. The second kappa shape index (κ2) is 7.19. The minimum Gasteiger partial charge on any atom is -0.507 e. The SMILES string of the molecule is COc1cccc2c1C(=O)c1c(c(OC)c3c(OC)cccc3c1O)C2(OC)OC. The molecule has 7 heteroatoms. The smallest absolute Gasteiger partial charge is 0.227 e. The lowest BCUT2D eigenvalue weighted by Crippen LogP contribution is -2.40. The van der Waals surface area contributed by atoms with E-state index in [1.54, 1.807) is 36.4 Å². The van der Waals surface area contributed by atoms with Gasteiger partial charge in [0.25, 0.3) is 0 Å². The van der Waals surface area contributed by atoms with Gasteiger partial charge in [-0.2, -0.15) is 0 Å². The first-order chi connectivity index (χ1) is 14.5.